The lowest BCUT2D eigenvalue weighted by Crippen LogP contribution is -2.62. The van der Waals surface area contributed by atoms with Crippen LogP contribution in [0.3, 0.4) is 0 Å². The number of likely N-dealkylation sites (N-methyl/N-ethyl adjacent to an activating group) is 1. The number of piperazine rings is 1. The molecule has 0 aromatic heterocycles. The van der Waals surface area contributed by atoms with E-state index in [1.807, 2.05) is 0 Å². The van der Waals surface area contributed by atoms with Gasteiger partial charge in [-0.05, 0) is 26.3 Å². The van der Waals surface area contributed by atoms with Crippen molar-refractivity contribution in [3.05, 3.63) is 0 Å². The SMILES string of the molecule is CCN1CCN(C2(CN)CCOC(C)C2)CC1. The smallest absolute Gasteiger partial charge is 0.0565 e. The van der Waals surface area contributed by atoms with Gasteiger partial charge in [0.25, 0.3) is 0 Å². The fourth-order valence-corrected chi connectivity index (χ4v) is 3.29. The predicted octanol–water partition coefficient (Wildman–Crippen LogP) is 0.520. The molecule has 4 heteroatoms. The Labute approximate surface area is 105 Å². The Balaban J connectivity index is 1.98. The van der Waals surface area contributed by atoms with Crippen molar-refractivity contribution in [2.75, 3.05) is 45.9 Å². The van der Waals surface area contributed by atoms with E-state index >= 15 is 0 Å². The Bertz CT molecular complexity index is 241. The summed E-state index contributed by atoms with van der Waals surface area (Å²) in [5, 5.41) is 0. The minimum absolute atomic E-state index is 0.206. The second-order valence-electron chi connectivity index (χ2n) is 5.49. The quantitative estimate of drug-likeness (QED) is 0.782. The highest BCUT2D eigenvalue weighted by molar-refractivity contribution is 4.97. The highest BCUT2D eigenvalue weighted by Gasteiger charge is 2.40. The molecule has 2 fully saturated rings. The van der Waals surface area contributed by atoms with Crippen molar-refractivity contribution in [1.82, 2.24) is 9.80 Å². The first-order chi connectivity index (χ1) is 8.20. The fraction of sp³-hybridized carbons (Fsp3) is 1.00. The van der Waals surface area contributed by atoms with Crippen LogP contribution in [0.15, 0.2) is 0 Å². The van der Waals surface area contributed by atoms with Gasteiger partial charge >= 0.3 is 0 Å². The van der Waals surface area contributed by atoms with E-state index in [9.17, 15) is 0 Å². The van der Waals surface area contributed by atoms with Gasteiger partial charge in [-0.3, -0.25) is 4.90 Å². The van der Waals surface area contributed by atoms with Gasteiger partial charge in [0, 0.05) is 44.9 Å². The zero-order valence-electron chi connectivity index (χ0n) is 11.3. The van der Waals surface area contributed by atoms with Crippen LogP contribution in [0, 0.1) is 0 Å². The maximum absolute atomic E-state index is 6.09. The molecule has 0 aliphatic carbocycles. The molecule has 0 bridgehead atoms. The van der Waals surface area contributed by atoms with E-state index < -0.39 is 0 Å². The maximum Gasteiger partial charge on any atom is 0.0565 e. The minimum Gasteiger partial charge on any atom is -0.378 e. The summed E-state index contributed by atoms with van der Waals surface area (Å²) in [6.45, 7) is 11.9. The van der Waals surface area contributed by atoms with Crippen LogP contribution in [0.25, 0.3) is 0 Å². The molecule has 0 radical (unpaired) electrons. The normalized spacial score (nSPS) is 37.2. The van der Waals surface area contributed by atoms with Crippen molar-refractivity contribution in [2.45, 2.75) is 38.3 Å². The van der Waals surface area contributed by atoms with Gasteiger partial charge < -0.3 is 15.4 Å². The van der Waals surface area contributed by atoms with Crippen LogP contribution in [-0.4, -0.2) is 67.3 Å². The molecule has 2 heterocycles. The molecule has 0 amide bonds. The highest BCUT2D eigenvalue weighted by Crippen LogP contribution is 2.30. The second-order valence-corrected chi connectivity index (χ2v) is 5.49. The van der Waals surface area contributed by atoms with E-state index in [0.717, 1.165) is 39.1 Å². The van der Waals surface area contributed by atoms with Gasteiger partial charge in [-0.1, -0.05) is 6.92 Å². The Morgan fingerprint density at radius 1 is 1.29 bits per heavy atom. The van der Waals surface area contributed by atoms with Crippen molar-refractivity contribution in [2.24, 2.45) is 5.73 Å². The lowest BCUT2D eigenvalue weighted by Gasteiger charge is -2.50. The molecule has 0 spiro atoms. The molecule has 0 aromatic carbocycles. The first-order valence-electron chi connectivity index (χ1n) is 6.99. The van der Waals surface area contributed by atoms with E-state index in [-0.39, 0.29) is 5.54 Å². The summed E-state index contributed by atoms with van der Waals surface area (Å²) < 4.78 is 5.68. The maximum atomic E-state index is 6.09. The van der Waals surface area contributed by atoms with Gasteiger partial charge in [-0.2, -0.15) is 0 Å². The molecule has 2 aliphatic heterocycles. The zero-order chi connectivity index (χ0) is 12.3. The summed E-state index contributed by atoms with van der Waals surface area (Å²) in [7, 11) is 0. The van der Waals surface area contributed by atoms with E-state index in [0.29, 0.717) is 6.10 Å². The van der Waals surface area contributed by atoms with E-state index in [4.69, 9.17) is 10.5 Å². The van der Waals surface area contributed by atoms with Crippen molar-refractivity contribution < 1.29 is 4.74 Å². The molecule has 4 nitrogen and oxygen atoms in total. The number of nitrogens with zero attached hydrogens (tertiary/aromatic N) is 2. The highest BCUT2D eigenvalue weighted by atomic mass is 16.5. The molecule has 2 N–H and O–H groups in total. The van der Waals surface area contributed by atoms with Crippen LogP contribution < -0.4 is 5.73 Å². The van der Waals surface area contributed by atoms with Gasteiger partial charge in [0.15, 0.2) is 0 Å². The van der Waals surface area contributed by atoms with Gasteiger partial charge in [-0.25, -0.2) is 0 Å². The van der Waals surface area contributed by atoms with Crippen LogP contribution in [0.2, 0.25) is 0 Å². The van der Waals surface area contributed by atoms with Gasteiger partial charge in [0.2, 0.25) is 0 Å². The molecule has 0 saturated carbocycles. The topological polar surface area (TPSA) is 41.7 Å². The molecule has 100 valence electrons. The van der Waals surface area contributed by atoms with E-state index in [1.165, 1.54) is 19.6 Å². The van der Waals surface area contributed by atoms with Gasteiger partial charge in [-0.15, -0.1) is 0 Å². The first-order valence-corrected chi connectivity index (χ1v) is 6.99. The van der Waals surface area contributed by atoms with Crippen molar-refractivity contribution in [3.63, 3.8) is 0 Å². The summed E-state index contributed by atoms with van der Waals surface area (Å²) >= 11 is 0. The lowest BCUT2D eigenvalue weighted by molar-refractivity contribution is -0.0749. The Hall–Kier alpha value is -0.160. The standard InChI is InChI=1S/C13H27N3O/c1-3-15-5-7-16(8-6-15)13(11-14)4-9-17-12(2)10-13/h12H,3-11,14H2,1-2H3. The van der Waals surface area contributed by atoms with Crippen LogP contribution in [-0.2, 0) is 4.74 Å². The zero-order valence-corrected chi connectivity index (χ0v) is 11.3. The third kappa shape index (κ3) is 2.81. The average molecular weight is 241 g/mol. The number of ether oxygens (including phenoxy) is 1. The van der Waals surface area contributed by atoms with Crippen molar-refractivity contribution >= 4 is 0 Å². The Morgan fingerprint density at radius 2 is 2.00 bits per heavy atom. The summed E-state index contributed by atoms with van der Waals surface area (Å²) in [4.78, 5) is 5.14. The number of rotatable bonds is 3. The molecule has 2 unspecified atom stereocenters. The molecule has 2 atom stereocenters. The van der Waals surface area contributed by atoms with Gasteiger partial charge in [0.05, 0.1) is 6.10 Å². The largest absolute Gasteiger partial charge is 0.378 e. The van der Waals surface area contributed by atoms with E-state index in [1.54, 1.807) is 0 Å². The van der Waals surface area contributed by atoms with Crippen LogP contribution in [0.5, 0.6) is 0 Å². The molecule has 2 rings (SSSR count). The van der Waals surface area contributed by atoms with E-state index in [2.05, 4.69) is 23.6 Å². The monoisotopic (exact) mass is 241 g/mol. The third-order valence-electron chi connectivity index (χ3n) is 4.51. The van der Waals surface area contributed by atoms with Crippen LogP contribution in [0.4, 0.5) is 0 Å². The third-order valence-corrected chi connectivity index (χ3v) is 4.51. The number of nitrogens with two attached hydrogens (primary N) is 1. The minimum atomic E-state index is 0.206. The fourth-order valence-electron chi connectivity index (χ4n) is 3.29. The van der Waals surface area contributed by atoms with Crippen molar-refractivity contribution in [3.8, 4) is 0 Å². The number of hydrogen-bond acceptors (Lipinski definition) is 4. The van der Waals surface area contributed by atoms with Crippen LogP contribution in [0.1, 0.15) is 26.7 Å². The summed E-state index contributed by atoms with van der Waals surface area (Å²) in [6, 6.07) is 0. The Morgan fingerprint density at radius 3 is 2.53 bits per heavy atom. The summed E-state index contributed by atoms with van der Waals surface area (Å²) in [5.41, 5.74) is 6.29. The molecular weight excluding hydrogens is 214 g/mol. The second kappa shape index (κ2) is 5.65. The molecule has 17 heavy (non-hydrogen) atoms. The molecule has 0 aromatic rings. The number of hydrogen-bond donors (Lipinski definition) is 1. The molecule has 2 aliphatic rings. The van der Waals surface area contributed by atoms with Crippen molar-refractivity contribution in [1.29, 1.82) is 0 Å². The summed E-state index contributed by atoms with van der Waals surface area (Å²) in [6.07, 6.45) is 2.55. The predicted molar refractivity (Wildman–Crippen MR) is 70.1 cm³/mol. The summed E-state index contributed by atoms with van der Waals surface area (Å²) in [5.74, 6) is 0. The molecular formula is C13H27N3O. The Kier molecular flexibility index (Phi) is 4.42. The van der Waals surface area contributed by atoms with Crippen LogP contribution >= 0.6 is 0 Å². The first kappa shape index (κ1) is 13.3. The average Bonchev–Trinajstić information content (AvgIpc) is 2.38. The lowest BCUT2D eigenvalue weighted by atomic mass is 9.84. The molecule has 2 saturated heterocycles. The van der Waals surface area contributed by atoms with Gasteiger partial charge in [0.1, 0.15) is 0 Å².